The van der Waals surface area contributed by atoms with Crippen LogP contribution >= 0.6 is 11.6 Å². The minimum atomic E-state index is -3.57. The van der Waals surface area contributed by atoms with Gasteiger partial charge in [0.15, 0.2) is 6.61 Å². The van der Waals surface area contributed by atoms with E-state index in [1.54, 1.807) is 0 Å². The zero-order valence-electron chi connectivity index (χ0n) is 15.9. The molecule has 0 aliphatic carbocycles. The molecule has 9 nitrogen and oxygen atoms in total. The van der Waals surface area contributed by atoms with Crippen molar-refractivity contribution >= 4 is 44.9 Å². The first kappa shape index (κ1) is 22.5. The predicted octanol–water partition coefficient (Wildman–Crippen LogP) is 1.98. The van der Waals surface area contributed by atoms with Crippen molar-refractivity contribution in [2.75, 3.05) is 38.9 Å². The highest BCUT2D eigenvalue weighted by molar-refractivity contribution is 7.89. The molecule has 0 fully saturated rings. The van der Waals surface area contributed by atoms with Gasteiger partial charge in [-0.2, -0.15) is 0 Å². The molecule has 11 heteroatoms. The van der Waals surface area contributed by atoms with Crippen molar-refractivity contribution in [1.29, 1.82) is 0 Å². The average molecular weight is 442 g/mol. The number of hydrogen-bond donors (Lipinski definition) is 2. The van der Waals surface area contributed by atoms with Crippen molar-refractivity contribution in [1.82, 2.24) is 4.31 Å². The van der Waals surface area contributed by atoms with Crippen molar-refractivity contribution in [2.24, 2.45) is 0 Å². The SMILES string of the molecule is COc1cc(N)c(Cl)cc1C(=O)OCC(=O)Nc1ccc(S(=O)(=O)N(C)C)cc1. The molecule has 156 valence electrons. The third-order valence-corrected chi connectivity index (χ3v) is 5.95. The molecule has 0 saturated carbocycles. The summed E-state index contributed by atoms with van der Waals surface area (Å²) in [5.74, 6) is -1.26. The van der Waals surface area contributed by atoms with Crippen LogP contribution in [0.4, 0.5) is 11.4 Å². The molecule has 0 atom stereocenters. The second kappa shape index (κ2) is 9.12. The number of rotatable bonds is 7. The van der Waals surface area contributed by atoms with Gasteiger partial charge in [0.25, 0.3) is 5.91 Å². The van der Waals surface area contributed by atoms with Crippen LogP contribution in [0.2, 0.25) is 5.02 Å². The van der Waals surface area contributed by atoms with Crippen molar-refractivity contribution in [2.45, 2.75) is 4.90 Å². The molecular weight excluding hydrogens is 422 g/mol. The smallest absolute Gasteiger partial charge is 0.342 e. The maximum absolute atomic E-state index is 12.2. The minimum absolute atomic E-state index is 0.0257. The molecule has 2 aromatic carbocycles. The average Bonchev–Trinajstić information content (AvgIpc) is 2.68. The summed E-state index contributed by atoms with van der Waals surface area (Å²) in [4.78, 5) is 24.3. The van der Waals surface area contributed by atoms with Crippen molar-refractivity contribution < 1.29 is 27.5 Å². The van der Waals surface area contributed by atoms with Crippen LogP contribution in [-0.2, 0) is 19.6 Å². The third kappa shape index (κ3) is 5.37. The van der Waals surface area contributed by atoms with E-state index >= 15 is 0 Å². The lowest BCUT2D eigenvalue weighted by Crippen LogP contribution is -2.23. The quantitative estimate of drug-likeness (QED) is 0.496. The van der Waals surface area contributed by atoms with E-state index in [2.05, 4.69) is 5.32 Å². The maximum atomic E-state index is 12.2. The Balaban J connectivity index is 2.00. The number of nitrogens with zero attached hydrogens (tertiary/aromatic N) is 1. The number of carbonyl (C=O) groups excluding carboxylic acids is 2. The number of amides is 1. The van der Waals surface area contributed by atoms with Crippen LogP contribution in [-0.4, -0.2) is 52.4 Å². The molecule has 0 aromatic heterocycles. The summed E-state index contributed by atoms with van der Waals surface area (Å²) >= 11 is 5.91. The van der Waals surface area contributed by atoms with Crippen LogP contribution in [0.3, 0.4) is 0 Å². The van der Waals surface area contributed by atoms with Gasteiger partial charge in [-0.3, -0.25) is 4.79 Å². The monoisotopic (exact) mass is 441 g/mol. The Labute approximate surface area is 173 Å². The first-order valence-electron chi connectivity index (χ1n) is 8.19. The van der Waals surface area contributed by atoms with E-state index in [0.29, 0.717) is 5.69 Å². The Morgan fingerprint density at radius 3 is 2.34 bits per heavy atom. The Morgan fingerprint density at radius 2 is 1.79 bits per heavy atom. The molecule has 1 amide bonds. The standard InChI is InChI=1S/C18H20ClN3O6S/c1-22(2)29(25,26)12-6-4-11(5-7-12)21-17(23)10-28-18(24)13-8-14(19)15(20)9-16(13)27-3/h4-9H,10,20H2,1-3H3,(H,21,23). The molecule has 0 spiro atoms. The van der Waals surface area contributed by atoms with Gasteiger partial charge in [0.2, 0.25) is 10.0 Å². The van der Waals surface area contributed by atoms with E-state index in [0.717, 1.165) is 4.31 Å². The molecule has 29 heavy (non-hydrogen) atoms. The molecule has 2 aromatic rings. The summed E-state index contributed by atoms with van der Waals surface area (Å²) in [7, 11) is 0.624. The lowest BCUT2D eigenvalue weighted by molar-refractivity contribution is -0.119. The Bertz CT molecular complexity index is 1020. The summed E-state index contributed by atoms with van der Waals surface area (Å²) < 4.78 is 35.2. The summed E-state index contributed by atoms with van der Waals surface area (Å²) in [6.07, 6.45) is 0. The summed E-state index contributed by atoms with van der Waals surface area (Å²) in [6.45, 7) is -0.568. The summed E-state index contributed by atoms with van der Waals surface area (Å²) in [5, 5.41) is 2.65. The largest absolute Gasteiger partial charge is 0.496 e. The fourth-order valence-corrected chi connectivity index (χ4v) is 3.29. The summed E-state index contributed by atoms with van der Waals surface area (Å²) in [5.41, 5.74) is 6.26. The number of sulfonamides is 1. The second-order valence-electron chi connectivity index (χ2n) is 6.01. The van der Waals surface area contributed by atoms with E-state index < -0.39 is 28.5 Å². The number of carbonyl (C=O) groups is 2. The van der Waals surface area contributed by atoms with Crippen LogP contribution < -0.4 is 15.8 Å². The van der Waals surface area contributed by atoms with Crippen molar-refractivity contribution in [3.05, 3.63) is 47.0 Å². The molecule has 3 N–H and O–H groups in total. The topological polar surface area (TPSA) is 128 Å². The zero-order valence-corrected chi connectivity index (χ0v) is 17.5. The lowest BCUT2D eigenvalue weighted by atomic mass is 10.2. The Morgan fingerprint density at radius 1 is 1.17 bits per heavy atom. The predicted molar refractivity (Wildman–Crippen MR) is 109 cm³/mol. The van der Waals surface area contributed by atoms with Gasteiger partial charge in [0.1, 0.15) is 11.3 Å². The molecular formula is C18H20ClN3O6S. The number of nitrogens with two attached hydrogens (primary N) is 1. The molecule has 0 aliphatic heterocycles. The van der Waals surface area contributed by atoms with E-state index in [1.807, 2.05) is 0 Å². The normalized spacial score (nSPS) is 11.2. The highest BCUT2D eigenvalue weighted by Gasteiger charge is 2.19. The van der Waals surface area contributed by atoms with Gasteiger partial charge in [-0.25, -0.2) is 17.5 Å². The van der Waals surface area contributed by atoms with Crippen LogP contribution in [0.25, 0.3) is 0 Å². The Kier molecular flexibility index (Phi) is 7.07. The van der Waals surface area contributed by atoms with Crippen LogP contribution in [0.1, 0.15) is 10.4 Å². The molecule has 2 rings (SSSR count). The number of ether oxygens (including phenoxy) is 2. The number of benzene rings is 2. The van der Waals surface area contributed by atoms with E-state index in [1.165, 1.54) is 57.6 Å². The first-order chi connectivity index (χ1) is 13.6. The number of hydrogen-bond acceptors (Lipinski definition) is 7. The van der Waals surface area contributed by atoms with Gasteiger partial charge in [-0.15, -0.1) is 0 Å². The lowest BCUT2D eigenvalue weighted by Gasteiger charge is -2.12. The van der Waals surface area contributed by atoms with Crippen LogP contribution in [0.15, 0.2) is 41.3 Å². The molecule has 0 heterocycles. The van der Waals surface area contributed by atoms with Gasteiger partial charge in [0.05, 0.1) is 22.7 Å². The molecule has 0 bridgehead atoms. The number of halogens is 1. The summed E-state index contributed by atoms with van der Waals surface area (Å²) in [6, 6.07) is 8.25. The van der Waals surface area contributed by atoms with Crippen LogP contribution in [0.5, 0.6) is 5.75 Å². The number of nitrogen functional groups attached to an aromatic ring is 1. The molecule has 0 unspecified atom stereocenters. The first-order valence-corrected chi connectivity index (χ1v) is 10.0. The third-order valence-electron chi connectivity index (χ3n) is 3.79. The number of nitrogens with one attached hydrogen (secondary N) is 1. The molecule has 0 saturated heterocycles. The van der Waals surface area contributed by atoms with Gasteiger partial charge in [-0.1, -0.05) is 11.6 Å². The zero-order chi connectivity index (χ0) is 21.8. The van der Waals surface area contributed by atoms with Crippen LogP contribution in [0, 0.1) is 0 Å². The fourth-order valence-electron chi connectivity index (χ4n) is 2.22. The highest BCUT2D eigenvalue weighted by Crippen LogP contribution is 2.29. The van der Waals surface area contributed by atoms with E-state index in [9.17, 15) is 18.0 Å². The second-order valence-corrected chi connectivity index (χ2v) is 8.57. The van der Waals surface area contributed by atoms with E-state index in [-0.39, 0.29) is 26.9 Å². The van der Waals surface area contributed by atoms with Crippen molar-refractivity contribution in [3.8, 4) is 5.75 Å². The van der Waals surface area contributed by atoms with Gasteiger partial charge < -0.3 is 20.5 Å². The van der Waals surface area contributed by atoms with Gasteiger partial charge in [-0.05, 0) is 30.3 Å². The number of methoxy groups -OCH3 is 1. The molecule has 0 aliphatic rings. The van der Waals surface area contributed by atoms with Crippen molar-refractivity contribution in [3.63, 3.8) is 0 Å². The van der Waals surface area contributed by atoms with E-state index in [4.69, 9.17) is 26.8 Å². The Hall–Kier alpha value is -2.82. The highest BCUT2D eigenvalue weighted by atomic mass is 35.5. The van der Waals surface area contributed by atoms with Gasteiger partial charge in [0, 0.05) is 25.8 Å². The number of esters is 1. The fraction of sp³-hybridized carbons (Fsp3) is 0.222. The number of anilines is 2. The minimum Gasteiger partial charge on any atom is -0.496 e. The van der Waals surface area contributed by atoms with Gasteiger partial charge >= 0.3 is 5.97 Å². The maximum Gasteiger partial charge on any atom is 0.342 e. The molecule has 0 radical (unpaired) electrons.